The van der Waals surface area contributed by atoms with E-state index in [1.54, 1.807) is 0 Å². The molecular weight excluding hydrogens is 829 g/mol. The Bertz CT molecular complexity index is 1130. The van der Waals surface area contributed by atoms with E-state index in [4.69, 9.17) is 14.2 Å². The third-order valence-electron chi connectivity index (χ3n) is 13.1. The van der Waals surface area contributed by atoms with Gasteiger partial charge in [0.1, 0.15) is 13.2 Å². The van der Waals surface area contributed by atoms with Gasteiger partial charge in [-0.1, -0.05) is 263 Å². The number of ether oxygens (including phenoxy) is 3. The van der Waals surface area contributed by atoms with Gasteiger partial charge in [-0.05, 0) is 70.6 Å². The first-order valence-electron chi connectivity index (χ1n) is 29.5. The van der Waals surface area contributed by atoms with Gasteiger partial charge in [0.25, 0.3) is 0 Å². The highest BCUT2D eigenvalue weighted by Crippen LogP contribution is 2.17. The van der Waals surface area contributed by atoms with E-state index in [-0.39, 0.29) is 31.1 Å². The maximum atomic E-state index is 12.9. The van der Waals surface area contributed by atoms with Crippen LogP contribution in [0.5, 0.6) is 0 Å². The SMILES string of the molecule is CCCCC/C=C\C=C/CCCCCCCCCCCCC(=O)OCC(COC(=O)CCCCCCCCCCCCCCCCC)OC(=O)CCCCCCCCC/C=C\CCCCCC. The molecule has 67 heavy (non-hydrogen) atoms. The summed E-state index contributed by atoms with van der Waals surface area (Å²) < 4.78 is 16.9. The zero-order valence-corrected chi connectivity index (χ0v) is 44.9. The predicted octanol–water partition coefficient (Wildman–Crippen LogP) is 19.7. The van der Waals surface area contributed by atoms with Gasteiger partial charge in [-0.2, -0.15) is 0 Å². The normalized spacial score (nSPS) is 12.2. The molecule has 0 saturated carbocycles. The van der Waals surface area contributed by atoms with Gasteiger partial charge in [0.05, 0.1) is 0 Å². The second-order valence-corrected chi connectivity index (χ2v) is 19.9. The van der Waals surface area contributed by atoms with E-state index in [0.29, 0.717) is 19.3 Å². The van der Waals surface area contributed by atoms with E-state index in [1.807, 2.05) is 0 Å². The summed E-state index contributed by atoms with van der Waals surface area (Å²) in [5.74, 6) is -0.860. The molecule has 1 atom stereocenters. The lowest BCUT2D eigenvalue weighted by Gasteiger charge is -2.18. The molecule has 0 aromatic heterocycles. The highest BCUT2D eigenvalue weighted by Gasteiger charge is 2.19. The molecule has 0 N–H and O–H groups in total. The lowest BCUT2D eigenvalue weighted by Crippen LogP contribution is -2.30. The van der Waals surface area contributed by atoms with Crippen LogP contribution in [0.2, 0.25) is 0 Å². The summed E-state index contributed by atoms with van der Waals surface area (Å²) in [5, 5.41) is 0. The molecule has 0 aliphatic heterocycles. The average molecular weight is 942 g/mol. The summed E-state index contributed by atoms with van der Waals surface area (Å²) in [4.78, 5) is 38.2. The third-order valence-corrected chi connectivity index (χ3v) is 13.1. The van der Waals surface area contributed by atoms with Gasteiger partial charge in [0.2, 0.25) is 0 Å². The smallest absolute Gasteiger partial charge is 0.306 e. The van der Waals surface area contributed by atoms with Crippen molar-refractivity contribution >= 4 is 17.9 Å². The summed E-state index contributed by atoms with van der Waals surface area (Å²) in [6.07, 6.45) is 67.0. The van der Waals surface area contributed by atoms with Crippen molar-refractivity contribution in [2.24, 2.45) is 0 Å². The standard InChI is InChI=1S/C61H112O6/c1-4-7-10-13-16-19-22-25-28-29-30-31-34-36-39-42-45-48-51-54-60(63)66-57-58(67-61(64)55-52-49-46-43-40-37-33-27-24-21-18-15-12-9-6-3)56-65-59(62)53-50-47-44-41-38-35-32-26-23-20-17-14-11-8-5-2/h16,19,21-22,24-25,58H,4-15,17-18,20,23,26-57H2,1-3H3/b19-16-,24-21-,25-22-. The Kier molecular flexibility index (Phi) is 54.2. The Morgan fingerprint density at radius 1 is 0.299 bits per heavy atom. The fourth-order valence-electron chi connectivity index (χ4n) is 8.67. The number of carbonyl (C=O) groups is 3. The molecule has 0 radical (unpaired) electrons. The van der Waals surface area contributed by atoms with E-state index in [1.165, 1.54) is 218 Å². The number of hydrogen-bond donors (Lipinski definition) is 0. The van der Waals surface area contributed by atoms with E-state index in [9.17, 15) is 14.4 Å². The molecule has 0 bridgehead atoms. The molecular formula is C61H112O6. The number of hydrogen-bond acceptors (Lipinski definition) is 6. The largest absolute Gasteiger partial charge is 0.462 e. The molecule has 0 aromatic rings. The summed E-state index contributed by atoms with van der Waals surface area (Å²) in [5.41, 5.74) is 0. The lowest BCUT2D eigenvalue weighted by atomic mass is 10.0. The van der Waals surface area contributed by atoms with Gasteiger partial charge < -0.3 is 14.2 Å². The molecule has 0 heterocycles. The minimum Gasteiger partial charge on any atom is -0.462 e. The molecule has 0 saturated heterocycles. The Labute approximate surface area is 416 Å². The monoisotopic (exact) mass is 941 g/mol. The number of rotatable bonds is 54. The van der Waals surface area contributed by atoms with Crippen LogP contribution in [0.1, 0.15) is 316 Å². The van der Waals surface area contributed by atoms with Crippen molar-refractivity contribution in [3.8, 4) is 0 Å². The van der Waals surface area contributed by atoms with Crippen LogP contribution >= 0.6 is 0 Å². The topological polar surface area (TPSA) is 78.9 Å². The Hall–Kier alpha value is -2.37. The quantitative estimate of drug-likeness (QED) is 0.0199. The minimum absolute atomic E-state index is 0.0709. The number of esters is 3. The van der Waals surface area contributed by atoms with Gasteiger partial charge >= 0.3 is 17.9 Å². The molecule has 0 rings (SSSR count). The number of allylic oxidation sites excluding steroid dienone is 6. The van der Waals surface area contributed by atoms with Crippen molar-refractivity contribution in [1.29, 1.82) is 0 Å². The second-order valence-electron chi connectivity index (χ2n) is 19.9. The summed E-state index contributed by atoms with van der Waals surface area (Å²) in [6.45, 7) is 6.64. The molecule has 6 heteroatoms. The van der Waals surface area contributed by atoms with E-state index >= 15 is 0 Å². The van der Waals surface area contributed by atoms with Crippen molar-refractivity contribution in [3.63, 3.8) is 0 Å². The fourth-order valence-corrected chi connectivity index (χ4v) is 8.67. The summed E-state index contributed by atoms with van der Waals surface area (Å²) in [7, 11) is 0. The van der Waals surface area contributed by atoms with Crippen molar-refractivity contribution in [2.45, 2.75) is 322 Å². The second kappa shape index (κ2) is 56.2. The summed E-state index contributed by atoms with van der Waals surface area (Å²) >= 11 is 0. The highest BCUT2D eigenvalue weighted by atomic mass is 16.6. The van der Waals surface area contributed by atoms with Crippen molar-refractivity contribution in [1.82, 2.24) is 0 Å². The molecule has 392 valence electrons. The fraction of sp³-hybridized carbons (Fsp3) is 0.852. The Balaban J connectivity index is 4.33. The van der Waals surface area contributed by atoms with Crippen LogP contribution in [-0.2, 0) is 28.6 Å². The minimum atomic E-state index is -0.773. The van der Waals surface area contributed by atoms with Gasteiger partial charge in [0, 0.05) is 19.3 Å². The van der Waals surface area contributed by atoms with Crippen LogP contribution in [0.15, 0.2) is 36.5 Å². The van der Waals surface area contributed by atoms with Crippen LogP contribution in [0, 0.1) is 0 Å². The highest BCUT2D eigenvalue weighted by molar-refractivity contribution is 5.71. The maximum Gasteiger partial charge on any atom is 0.306 e. The predicted molar refractivity (Wildman–Crippen MR) is 289 cm³/mol. The van der Waals surface area contributed by atoms with Gasteiger partial charge in [-0.25, -0.2) is 0 Å². The first-order chi connectivity index (χ1) is 33.0. The maximum absolute atomic E-state index is 12.9. The van der Waals surface area contributed by atoms with Crippen LogP contribution in [0.4, 0.5) is 0 Å². The zero-order valence-electron chi connectivity index (χ0n) is 44.9. The molecule has 0 aliphatic carbocycles. The first-order valence-corrected chi connectivity index (χ1v) is 29.5. The van der Waals surface area contributed by atoms with Crippen LogP contribution < -0.4 is 0 Å². The molecule has 0 aromatic carbocycles. The molecule has 0 amide bonds. The molecule has 0 aliphatic rings. The third kappa shape index (κ3) is 54.4. The van der Waals surface area contributed by atoms with Crippen molar-refractivity contribution in [2.75, 3.05) is 13.2 Å². The average Bonchev–Trinajstić information content (AvgIpc) is 3.33. The number of carbonyl (C=O) groups excluding carboxylic acids is 3. The van der Waals surface area contributed by atoms with Gasteiger partial charge in [-0.3, -0.25) is 14.4 Å². The van der Waals surface area contributed by atoms with Gasteiger partial charge in [-0.15, -0.1) is 0 Å². The summed E-state index contributed by atoms with van der Waals surface area (Å²) in [6, 6.07) is 0. The Morgan fingerprint density at radius 2 is 0.537 bits per heavy atom. The van der Waals surface area contributed by atoms with Crippen LogP contribution in [-0.4, -0.2) is 37.2 Å². The number of unbranched alkanes of at least 4 members (excludes halogenated alkanes) is 38. The van der Waals surface area contributed by atoms with E-state index in [2.05, 4.69) is 57.2 Å². The Morgan fingerprint density at radius 3 is 0.881 bits per heavy atom. The zero-order chi connectivity index (χ0) is 48.6. The molecule has 0 fully saturated rings. The van der Waals surface area contributed by atoms with E-state index < -0.39 is 6.10 Å². The molecule has 1 unspecified atom stereocenters. The lowest BCUT2D eigenvalue weighted by molar-refractivity contribution is -0.167. The van der Waals surface area contributed by atoms with Crippen molar-refractivity contribution < 1.29 is 28.6 Å². The first kappa shape index (κ1) is 64.6. The van der Waals surface area contributed by atoms with Crippen LogP contribution in [0.3, 0.4) is 0 Å². The van der Waals surface area contributed by atoms with E-state index in [0.717, 1.165) is 57.8 Å². The van der Waals surface area contributed by atoms with Crippen molar-refractivity contribution in [3.05, 3.63) is 36.5 Å². The molecule has 0 spiro atoms. The van der Waals surface area contributed by atoms with Gasteiger partial charge in [0.15, 0.2) is 6.10 Å². The van der Waals surface area contributed by atoms with Crippen LogP contribution in [0.25, 0.3) is 0 Å². The molecule has 6 nitrogen and oxygen atoms in total.